The third-order valence-corrected chi connectivity index (χ3v) is 18.7. The number of carbonyl (C=O) groups excluding carboxylic acids is 3. The average Bonchev–Trinajstić information content (AvgIpc) is 0.922. The number of hydrogen-bond donors (Lipinski definition) is 4. The van der Waals surface area contributed by atoms with Crippen molar-refractivity contribution in [3.8, 4) is 0 Å². The molecule has 0 heterocycles. The summed E-state index contributed by atoms with van der Waals surface area (Å²) in [5, 5.41) is 20.6. The van der Waals surface area contributed by atoms with E-state index in [1.165, 1.54) is 116 Å². The molecule has 16 nitrogen and oxygen atoms in total. The number of phosphoric ester groups is 2. The average molecular weight is 1490 g/mol. The zero-order valence-electron chi connectivity index (χ0n) is 64.7. The summed E-state index contributed by atoms with van der Waals surface area (Å²) in [6.07, 6.45) is 93.5. The van der Waals surface area contributed by atoms with Crippen molar-refractivity contribution in [1.29, 1.82) is 0 Å². The van der Waals surface area contributed by atoms with Gasteiger partial charge in [-0.25, -0.2) is 9.13 Å². The maximum Gasteiger partial charge on any atom is 0.472 e. The molecule has 0 amide bonds. The molecular weight excluding hydrogens is 1340 g/mol. The highest BCUT2D eigenvalue weighted by molar-refractivity contribution is 7.47. The van der Waals surface area contributed by atoms with Gasteiger partial charge in [-0.15, -0.1) is 0 Å². The minimum atomic E-state index is -4.94. The summed E-state index contributed by atoms with van der Waals surface area (Å²) in [5.74, 6) is -1.60. The molecule has 4 N–H and O–H groups in total. The monoisotopic (exact) mass is 1490 g/mol. The van der Waals surface area contributed by atoms with Gasteiger partial charge < -0.3 is 34.2 Å². The van der Waals surface area contributed by atoms with Gasteiger partial charge in [-0.2, -0.15) is 0 Å². The second-order valence-electron chi connectivity index (χ2n) is 26.8. The molecule has 103 heavy (non-hydrogen) atoms. The maximum atomic E-state index is 13.0. The van der Waals surface area contributed by atoms with Crippen LogP contribution in [0.1, 0.15) is 329 Å². The Kier molecular flexibility index (Phi) is 74.1. The first kappa shape index (κ1) is 98.7. The molecule has 0 aromatic carbocycles. The standard InChI is InChI=1S/C85H146O16P2/c1-4-7-10-13-16-19-22-25-28-30-32-34-35-36-37-38-39-40-41-42-43-45-47-48-51-53-56-59-62-65-68-71-83(88)95-74-80(86)75-97-102(91,92)98-76-81(87)77-99-103(93,94)100-79-82(101-85(90)73-70-67-64-61-58-55-50-27-24-21-18-15-12-9-6-3)78-96-84(89)72-69-66-63-60-57-54-52-49-46-44-33-31-29-26-23-20-17-14-11-8-5-2/h7,10,16-17,19-20,25-29,32-34,36-37,39-40,44,49-50,52,80-82,86-87H,4-6,8-9,11-15,18,21-24,30-31,35,38,41-43,45-48,51,53-79H2,1-3H3,(H,91,92)(H,93,94)/b10-7-,19-16-,20-17-,28-25-,29-26-,34-32-,37-36-,40-39-,44-33-,50-27-,52-49-. The molecule has 0 aromatic heterocycles. The van der Waals surface area contributed by atoms with Crippen molar-refractivity contribution < 1.29 is 75.8 Å². The van der Waals surface area contributed by atoms with Crippen molar-refractivity contribution in [1.82, 2.24) is 0 Å². The molecule has 0 bridgehead atoms. The Balaban J connectivity index is 4.52. The van der Waals surface area contributed by atoms with Crippen LogP contribution in [0.2, 0.25) is 0 Å². The second-order valence-corrected chi connectivity index (χ2v) is 29.7. The SMILES string of the molecule is CC/C=C\C/C=C\C/C=C\C/C=C\C/C=C\C/C=C\CCCCCCCCCCCCCCC(=O)OCC(O)COP(=O)(O)OCC(O)COP(=O)(O)OCC(COC(=O)CCCCCCC/C=C\C/C=C\C/C=C\C/C=C\CCCCC)OC(=O)CCCCCCC/C=C\CCCCCCCC. The highest BCUT2D eigenvalue weighted by Crippen LogP contribution is 2.45. The molecule has 0 saturated carbocycles. The molecule has 5 unspecified atom stereocenters. The fourth-order valence-electron chi connectivity index (χ4n) is 10.7. The fraction of sp³-hybridized carbons (Fsp3) is 0.706. The lowest BCUT2D eigenvalue weighted by atomic mass is 10.0. The van der Waals surface area contributed by atoms with E-state index in [1.807, 2.05) is 0 Å². The topological polar surface area (TPSA) is 231 Å². The highest BCUT2D eigenvalue weighted by atomic mass is 31.2. The molecule has 0 saturated heterocycles. The minimum Gasteiger partial charge on any atom is -0.463 e. The molecule has 0 radical (unpaired) electrons. The fourth-order valence-corrected chi connectivity index (χ4v) is 12.3. The number of allylic oxidation sites excluding steroid dienone is 22. The predicted molar refractivity (Wildman–Crippen MR) is 426 cm³/mol. The van der Waals surface area contributed by atoms with Crippen LogP contribution >= 0.6 is 15.6 Å². The van der Waals surface area contributed by atoms with Crippen LogP contribution in [0.15, 0.2) is 134 Å². The lowest BCUT2D eigenvalue weighted by Crippen LogP contribution is -2.30. The minimum absolute atomic E-state index is 0.0889. The van der Waals surface area contributed by atoms with E-state index in [9.17, 15) is 43.5 Å². The predicted octanol–water partition coefficient (Wildman–Crippen LogP) is 23.9. The van der Waals surface area contributed by atoms with Crippen molar-refractivity contribution in [2.45, 2.75) is 347 Å². The number of ether oxygens (including phenoxy) is 3. The Morgan fingerprint density at radius 1 is 0.282 bits per heavy atom. The first-order valence-corrected chi connectivity index (χ1v) is 43.5. The summed E-state index contributed by atoms with van der Waals surface area (Å²) in [7, 11) is -9.80. The third kappa shape index (κ3) is 78.6. The van der Waals surface area contributed by atoms with Gasteiger partial charge in [0.05, 0.1) is 26.4 Å². The maximum absolute atomic E-state index is 13.0. The van der Waals surface area contributed by atoms with Crippen molar-refractivity contribution >= 4 is 33.6 Å². The van der Waals surface area contributed by atoms with E-state index in [2.05, 4.69) is 154 Å². The summed E-state index contributed by atoms with van der Waals surface area (Å²) < 4.78 is 61.2. The van der Waals surface area contributed by atoms with E-state index in [0.29, 0.717) is 19.3 Å². The van der Waals surface area contributed by atoms with Gasteiger partial charge in [0.1, 0.15) is 25.4 Å². The van der Waals surface area contributed by atoms with E-state index in [1.54, 1.807) is 0 Å². The first-order chi connectivity index (χ1) is 50.2. The van der Waals surface area contributed by atoms with Crippen LogP contribution in [0.5, 0.6) is 0 Å². The number of rotatable bonds is 76. The van der Waals surface area contributed by atoms with Crippen LogP contribution in [0, 0.1) is 0 Å². The van der Waals surface area contributed by atoms with Crippen LogP contribution in [-0.2, 0) is 55.8 Å². The van der Waals surface area contributed by atoms with E-state index in [-0.39, 0.29) is 19.3 Å². The summed E-state index contributed by atoms with van der Waals surface area (Å²) in [4.78, 5) is 58.7. The first-order valence-electron chi connectivity index (χ1n) is 40.5. The van der Waals surface area contributed by atoms with Gasteiger partial charge in [-0.1, -0.05) is 302 Å². The summed E-state index contributed by atoms with van der Waals surface area (Å²) in [5.41, 5.74) is 0. The molecular formula is C85H146O16P2. The number of aliphatic hydroxyl groups excluding tert-OH is 2. The molecule has 0 aliphatic rings. The van der Waals surface area contributed by atoms with Gasteiger partial charge in [-0.3, -0.25) is 32.5 Å². The number of phosphoric acid groups is 2. The van der Waals surface area contributed by atoms with Gasteiger partial charge in [0, 0.05) is 19.3 Å². The van der Waals surface area contributed by atoms with Gasteiger partial charge in [0.2, 0.25) is 0 Å². The van der Waals surface area contributed by atoms with E-state index >= 15 is 0 Å². The van der Waals surface area contributed by atoms with Crippen molar-refractivity contribution in [2.24, 2.45) is 0 Å². The zero-order chi connectivity index (χ0) is 75.2. The Morgan fingerprint density at radius 2 is 0.515 bits per heavy atom. The molecule has 0 rings (SSSR count). The normalized spacial score (nSPS) is 14.7. The number of carbonyl (C=O) groups is 3. The lowest BCUT2D eigenvalue weighted by Gasteiger charge is -2.21. The van der Waals surface area contributed by atoms with E-state index < -0.39 is 91.5 Å². The smallest absolute Gasteiger partial charge is 0.463 e. The molecule has 5 atom stereocenters. The number of hydrogen-bond acceptors (Lipinski definition) is 14. The van der Waals surface area contributed by atoms with Crippen LogP contribution in [-0.4, -0.2) is 95.9 Å². The van der Waals surface area contributed by atoms with Gasteiger partial charge in [0.25, 0.3) is 0 Å². The van der Waals surface area contributed by atoms with Crippen molar-refractivity contribution in [3.05, 3.63) is 134 Å². The van der Waals surface area contributed by atoms with Crippen LogP contribution < -0.4 is 0 Å². The lowest BCUT2D eigenvalue weighted by molar-refractivity contribution is -0.161. The third-order valence-electron chi connectivity index (χ3n) is 16.8. The van der Waals surface area contributed by atoms with Crippen molar-refractivity contribution in [3.63, 3.8) is 0 Å². The Labute approximate surface area is 626 Å². The Hall–Kier alpha value is -4.31. The van der Waals surface area contributed by atoms with Crippen molar-refractivity contribution in [2.75, 3.05) is 39.6 Å². The second kappa shape index (κ2) is 77.3. The van der Waals surface area contributed by atoms with Crippen LogP contribution in [0.4, 0.5) is 0 Å². The highest BCUT2D eigenvalue weighted by Gasteiger charge is 2.29. The largest absolute Gasteiger partial charge is 0.472 e. The van der Waals surface area contributed by atoms with Gasteiger partial charge >= 0.3 is 33.6 Å². The molecule has 0 fully saturated rings. The summed E-state index contributed by atoms with van der Waals surface area (Å²) in [6.45, 7) is 2.52. The molecule has 0 aromatic rings. The molecule has 0 aliphatic heterocycles. The number of aliphatic hydroxyl groups is 2. The Bertz CT molecular complexity index is 2410. The number of esters is 3. The van der Waals surface area contributed by atoms with Gasteiger partial charge in [-0.05, 0) is 141 Å². The van der Waals surface area contributed by atoms with Gasteiger partial charge in [0.15, 0.2) is 6.10 Å². The van der Waals surface area contributed by atoms with Crippen LogP contribution in [0.3, 0.4) is 0 Å². The molecule has 592 valence electrons. The van der Waals surface area contributed by atoms with E-state index in [4.69, 9.17) is 32.3 Å². The molecule has 0 aliphatic carbocycles. The number of unbranched alkanes of at least 4 members (excludes halogenated alkanes) is 31. The molecule has 18 heteroatoms. The van der Waals surface area contributed by atoms with Crippen LogP contribution in [0.25, 0.3) is 0 Å². The summed E-state index contributed by atoms with van der Waals surface area (Å²) >= 11 is 0. The molecule has 0 spiro atoms. The zero-order valence-corrected chi connectivity index (χ0v) is 66.5. The summed E-state index contributed by atoms with van der Waals surface area (Å²) in [6, 6.07) is 0. The quantitative estimate of drug-likeness (QED) is 0.0146. The Morgan fingerprint density at radius 3 is 0.845 bits per heavy atom. The van der Waals surface area contributed by atoms with E-state index in [0.717, 1.165) is 154 Å².